The van der Waals surface area contributed by atoms with Crippen LogP contribution in [0.15, 0.2) is 6.07 Å². The third-order valence-electron chi connectivity index (χ3n) is 2.88. The van der Waals surface area contributed by atoms with Gasteiger partial charge in [-0.2, -0.15) is 0 Å². The van der Waals surface area contributed by atoms with Crippen molar-refractivity contribution in [3.63, 3.8) is 0 Å². The Morgan fingerprint density at radius 3 is 2.17 bits per heavy atom. The molecular weight excluding hydrogens is 226 g/mol. The summed E-state index contributed by atoms with van der Waals surface area (Å²) in [5.41, 5.74) is 2.50. The van der Waals surface area contributed by atoms with E-state index in [0.29, 0.717) is 11.9 Å². The Hall–Kier alpha value is -1.36. The van der Waals surface area contributed by atoms with Gasteiger partial charge in [0.1, 0.15) is 17.5 Å². The third-order valence-corrected chi connectivity index (χ3v) is 2.88. The summed E-state index contributed by atoms with van der Waals surface area (Å²) in [4.78, 5) is 8.97. The highest BCUT2D eigenvalue weighted by molar-refractivity contribution is 5.48. The summed E-state index contributed by atoms with van der Waals surface area (Å²) < 4.78 is 0. The average molecular weight is 251 g/mol. The number of nitrogens with zero attached hydrogens (tertiary/aromatic N) is 2. The molecule has 0 atom stereocenters. The normalized spacial score (nSPS) is 11.7. The summed E-state index contributed by atoms with van der Waals surface area (Å²) >= 11 is 0. The van der Waals surface area contributed by atoms with Gasteiger partial charge in [-0.25, -0.2) is 15.8 Å². The molecule has 1 aromatic rings. The van der Waals surface area contributed by atoms with Crippen molar-refractivity contribution >= 4 is 11.6 Å². The predicted octanol–water partition coefficient (Wildman–Crippen LogP) is 2.66. The van der Waals surface area contributed by atoms with Crippen molar-refractivity contribution in [2.45, 2.75) is 58.9 Å². The van der Waals surface area contributed by atoms with Crippen molar-refractivity contribution in [3.8, 4) is 0 Å². The molecule has 1 rings (SSSR count). The molecule has 0 fully saturated rings. The minimum atomic E-state index is -0.1000. The minimum Gasteiger partial charge on any atom is -0.367 e. The molecule has 0 radical (unpaired) electrons. The summed E-state index contributed by atoms with van der Waals surface area (Å²) in [5, 5.41) is 3.42. The number of hydrogen-bond acceptors (Lipinski definition) is 5. The molecule has 5 heteroatoms. The number of nitrogens with two attached hydrogens (primary N) is 1. The Balaban J connectivity index is 3.04. The second kappa shape index (κ2) is 6.00. The van der Waals surface area contributed by atoms with E-state index in [1.165, 1.54) is 0 Å². The molecule has 0 aliphatic rings. The second-order valence-corrected chi connectivity index (χ2v) is 5.51. The number of hydrogen-bond donors (Lipinski definition) is 3. The maximum absolute atomic E-state index is 5.46. The lowest BCUT2D eigenvalue weighted by molar-refractivity contribution is 0.545. The van der Waals surface area contributed by atoms with E-state index in [9.17, 15) is 0 Å². The third kappa shape index (κ3) is 3.84. The maximum atomic E-state index is 5.46. The molecule has 0 unspecified atom stereocenters. The molecular formula is C13H25N5. The Labute approximate surface area is 110 Å². The van der Waals surface area contributed by atoms with Crippen LogP contribution < -0.4 is 16.6 Å². The lowest BCUT2D eigenvalue weighted by atomic mass is 9.96. The van der Waals surface area contributed by atoms with Gasteiger partial charge < -0.3 is 10.7 Å². The van der Waals surface area contributed by atoms with E-state index >= 15 is 0 Å². The van der Waals surface area contributed by atoms with E-state index < -0.39 is 0 Å². The lowest BCUT2D eigenvalue weighted by Gasteiger charge is -2.21. The Morgan fingerprint density at radius 2 is 1.72 bits per heavy atom. The van der Waals surface area contributed by atoms with Crippen molar-refractivity contribution in [3.05, 3.63) is 11.9 Å². The van der Waals surface area contributed by atoms with Gasteiger partial charge in [-0.3, -0.25) is 0 Å². The number of rotatable bonds is 5. The first-order chi connectivity index (χ1) is 8.40. The van der Waals surface area contributed by atoms with Crippen LogP contribution in [0.25, 0.3) is 0 Å². The summed E-state index contributed by atoms with van der Waals surface area (Å²) in [5.74, 6) is 7.71. The van der Waals surface area contributed by atoms with Crippen LogP contribution in [0.3, 0.4) is 0 Å². The SMILES string of the molecule is CCC(CC)Nc1cc(NN)nc(C(C)(C)C)n1. The van der Waals surface area contributed by atoms with Crippen LogP contribution >= 0.6 is 0 Å². The molecule has 0 amide bonds. The van der Waals surface area contributed by atoms with Gasteiger partial charge in [0.05, 0.1) is 0 Å². The van der Waals surface area contributed by atoms with Crippen LogP contribution in [-0.2, 0) is 5.41 Å². The molecule has 1 heterocycles. The summed E-state index contributed by atoms with van der Waals surface area (Å²) in [6.45, 7) is 10.6. The van der Waals surface area contributed by atoms with Crippen molar-refractivity contribution in [2.75, 3.05) is 10.7 Å². The average Bonchev–Trinajstić information content (AvgIpc) is 2.34. The van der Waals surface area contributed by atoms with E-state index in [0.717, 1.165) is 24.5 Å². The molecule has 0 spiro atoms. The van der Waals surface area contributed by atoms with Gasteiger partial charge in [-0.05, 0) is 12.8 Å². The van der Waals surface area contributed by atoms with Crippen LogP contribution in [0, 0.1) is 0 Å². The second-order valence-electron chi connectivity index (χ2n) is 5.51. The Bertz CT molecular complexity index is 379. The van der Waals surface area contributed by atoms with E-state index in [1.54, 1.807) is 0 Å². The van der Waals surface area contributed by atoms with E-state index in [4.69, 9.17) is 5.84 Å². The zero-order valence-corrected chi connectivity index (χ0v) is 12.0. The smallest absolute Gasteiger partial charge is 0.145 e. The molecule has 5 nitrogen and oxygen atoms in total. The monoisotopic (exact) mass is 251 g/mol. The molecule has 102 valence electrons. The molecule has 1 aromatic heterocycles. The fourth-order valence-corrected chi connectivity index (χ4v) is 1.63. The van der Waals surface area contributed by atoms with Gasteiger partial charge in [0.2, 0.25) is 0 Å². The first kappa shape index (κ1) is 14.7. The highest BCUT2D eigenvalue weighted by Gasteiger charge is 2.19. The molecule has 0 bridgehead atoms. The van der Waals surface area contributed by atoms with E-state index in [-0.39, 0.29) is 5.41 Å². The quantitative estimate of drug-likeness (QED) is 0.554. The maximum Gasteiger partial charge on any atom is 0.145 e. The minimum absolute atomic E-state index is 0.1000. The standard InChI is InChI=1S/C13H25N5/c1-6-9(7-2)15-10-8-11(18-14)17-12(16-10)13(3,4)5/h8-9H,6-7,14H2,1-5H3,(H2,15,16,17,18). The number of hydrazine groups is 1. The van der Waals surface area contributed by atoms with Gasteiger partial charge >= 0.3 is 0 Å². The fraction of sp³-hybridized carbons (Fsp3) is 0.692. The Kier molecular flexibility index (Phi) is 4.90. The Morgan fingerprint density at radius 1 is 1.17 bits per heavy atom. The van der Waals surface area contributed by atoms with Crippen LogP contribution in [0.1, 0.15) is 53.3 Å². The molecule has 4 N–H and O–H groups in total. The van der Waals surface area contributed by atoms with E-state index in [1.807, 2.05) is 6.07 Å². The van der Waals surface area contributed by atoms with Crippen LogP contribution in [0.2, 0.25) is 0 Å². The first-order valence-electron chi connectivity index (χ1n) is 6.53. The number of nitrogen functional groups attached to an aromatic ring is 1. The zero-order chi connectivity index (χ0) is 13.8. The topological polar surface area (TPSA) is 75.9 Å². The molecule has 0 saturated heterocycles. The number of aromatic nitrogens is 2. The van der Waals surface area contributed by atoms with Crippen molar-refractivity contribution in [1.29, 1.82) is 0 Å². The zero-order valence-electron chi connectivity index (χ0n) is 12.0. The van der Waals surface area contributed by atoms with Gasteiger partial charge in [0.25, 0.3) is 0 Å². The number of anilines is 2. The van der Waals surface area contributed by atoms with Crippen LogP contribution in [-0.4, -0.2) is 16.0 Å². The summed E-state index contributed by atoms with van der Waals surface area (Å²) in [6, 6.07) is 2.27. The van der Waals surface area contributed by atoms with Crippen LogP contribution in [0.5, 0.6) is 0 Å². The highest BCUT2D eigenvalue weighted by atomic mass is 15.3. The van der Waals surface area contributed by atoms with Crippen molar-refractivity contribution < 1.29 is 0 Å². The van der Waals surface area contributed by atoms with Gasteiger partial charge in [-0.1, -0.05) is 34.6 Å². The molecule has 0 saturated carbocycles. The van der Waals surface area contributed by atoms with Gasteiger partial charge in [-0.15, -0.1) is 0 Å². The fourth-order valence-electron chi connectivity index (χ4n) is 1.63. The highest BCUT2D eigenvalue weighted by Crippen LogP contribution is 2.22. The summed E-state index contributed by atoms with van der Waals surface area (Å²) in [6.07, 6.45) is 2.13. The van der Waals surface area contributed by atoms with Crippen molar-refractivity contribution in [2.24, 2.45) is 5.84 Å². The predicted molar refractivity (Wildman–Crippen MR) is 76.5 cm³/mol. The molecule has 0 aromatic carbocycles. The molecule has 0 aliphatic carbocycles. The summed E-state index contributed by atoms with van der Waals surface area (Å²) in [7, 11) is 0. The number of nitrogens with one attached hydrogen (secondary N) is 2. The molecule has 0 aliphatic heterocycles. The molecule has 18 heavy (non-hydrogen) atoms. The van der Waals surface area contributed by atoms with E-state index in [2.05, 4.69) is 55.3 Å². The van der Waals surface area contributed by atoms with Gasteiger partial charge in [0, 0.05) is 17.5 Å². The largest absolute Gasteiger partial charge is 0.367 e. The first-order valence-corrected chi connectivity index (χ1v) is 6.53. The van der Waals surface area contributed by atoms with Crippen LogP contribution in [0.4, 0.5) is 11.6 Å². The van der Waals surface area contributed by atoms with Gasteiger partial charge in [0.15, 0.2) is 0 Å². The lowest BCUT2D eigenvalue weighted by Crippen LogP contribution is -2.23. The van der Waals surface area contributed by atoms with Crippen molar-refractivity contribution in [1.82, 2.24) is 9.97 Å².